The number of carbonyl (C=O) groups is 2. The lowest BCUT2D eigenvalue weighted by molar-refractivity contribution is 0.0696. The molecule has 0 unspecified atom stereocenters. The summed E-state index contributed by atoms with van der Waals surface area (Å²) in [7, 11) is 0. The molecule has 2 N–H and O–H groups in total. The van der Waals surface area contributed by atoms with Gasteiger partial charge in [-0.15, -0.1) is 0 Å². The highest BCUT2D eigenvalue weighted by molar-refractivity contribution is 6.31. The van der Waals surface area contributed by atoms with Crippen LogP contribution < -0.4 is 15.0 Å². The van der Waals surface area contributed by atoms with Crippen LogP contribution in [0.2, 0.25) is 5.02 Å². The number of hydrogen-bond donors (Lipinski definition) is 2. The van der Waals surface area contributed by atoms with E-state index in [2.05, 4.69) is 10.3 Å². The van der Waals surface area contributed by atoms with Gasteiger partial charge in [-0.2, -0.15) is 0 Å². The van der Waals surface area contributed by atoms with Crippen molar-refractivity contribution in [3.63, 3.8) is 0 Å². The van der Waals surface area contributed by atoms with Crippen LogP contribution in [0.25, 0.3) is 0 Å². The second-order valence-corrected chi connectivity index (χ2v) is 9.42. The largest absolute Gasteiger partial charge is 0.493 e. The number of aromatic carboxylic acids is 1. The predicted molar refractivity (Wildman–Crippen MR) is 129 cm³/mol. The lowest BCUT2D eigenvalue weighted by Crippen LogP contribution is -2.50. The Labute approximate surface area is 206 Å². The van der Waals surface area contributed by atoms with E-state index in [1.54, 1.807) is 42.5 Å². The third-order valence-electron chi connectivity index (χ3n) is 6.42. The summed E-state index contributed by atoms with van der Waals surface area (Å²) < 4.78 is 18.8. The summed E-state index contributed by atoms with van der Waals surface area (Å²) >= 11 is 6.17. The van der Waals surface area contributed by atoms with E-state index >= 15 is 0 Å². The summed E-state index contributed by atoms with van der Waals surface area (Å²) in [5.74, 6) is -0.160. The highest BCUT2D eigenvalue weighted by Crippen LogP contribution is 2.46. The van der Waals surface area contributed by atoms with Crippen molar-refractivity contribution in [3.05, 3.63) is 88.3 Å². The van der Waals surface area contributed by atoms with Gasteiger partial charge in [0.05, 0.1) is 28.3 Å². The summed E-state index contributed by atoms with van der Waals surface area (Å²) in [5.41, 5.74) is 0.944. The van der Waals surface area contributed by atoms with Gasteiger partial charge < -0.3 is 20.1 Å². The van der Waals surface area contributed by atoms with Gasteiger partial charge in [0.25, 0.3) is 5.91 Å². The minimum absolute atomic E-state index is 0.202. The van der Waals surface area contributed by atoms with Crippen molar-refractivity contribution in [2.45, 2.75) is 18.4 Å². The molecule has 2 aliphatic rings. The summed E-state index contributed by atoms with van der Waals surface area (Å²) in [6.07, 6.45) is 3.05. The molecule has 7 nitrogen and oxygen atoms in total. The standard InChI is InChI=1S/C26H23ClFN3O4/c27-19-11-22(24(32)30-26(9-10-26)18-3-1-17(2-4-18)25(33)34)23(29-12-19)31-13-16(14-31)15-35-21-7-5-20(28)6-8-21/h1-8,11-12,16H,9-10,13-15H2,(H,30,32)(H,33,34). The van der Waals surface area contributed by atoms with Gasteiger partial charge in [0, 0.05) is 25.2 Å². The maximum atomic E-state index is 13.3. The molecule has 0 atom stereocenters. The van der Waals surface area contributed by atoms with Gasteiger partial charge in [0.1, 0.15) is 17.4 Å². The average molecular weight is 496 g/mol. The number of halogens is 2. The number of benzene rings is 2. The van der Waals surface area contributed by atoms with E-state index in [0.717, 1.165) is 18.4 Å². The van der Waals surface area contributed by atoms with E-state index in [9.17, 15) is 14.0 Å². The Morgan fingerprint density at radius 1 is 1.14 bits per heavy atom. The molecule has 5 rings (SSSR count). The Morgan fingerprint density at radius 3 is 2.46 bits per heavy atom. The maximum Gasteiger partial charge on any atom is 0.335 e. The van der Waals surface area contributed by atoms with E-state index in [1.165, 1.54) is 18.3 Å². The van der Waals surface area contributed by atoms with Crippen LogP contribution in [0, 0.1) is 11.7 Å². The van der Waals surface area contributed by atoms with Crippen LogP contribution in [0.5, 0.6) is 5.75 Å². The zero-order valence-electron chi connectivity index (χ0n) is 18.7. The molecule has 1 aliphatic heterocycles. The molecule has 9 heteroatoms. The number of nitrogens with zero attached hydrogens (tertiary/aromatic N) is 2. The van der Waals surface area contributed by atoms with Gasteiger partial charge >= 0.3 is 5.97 Å². The molecule has 1 saturated carbocycles. The normalized spacial score (nSPS) is 16.3. The number of carboxylic acids is 1. The highest BCUT2D eigenvalue weighted by Gasteiger charge is 2.46. The van der Waals surface area contributed by atoms with Crippen molar-refractivity contribution in [2.75, 3.05) is 24.6 Å². The van der Waals surface area contributed by atoms with E-state index in [4.69, 9.17) is 21.4 Å². The molecule has 0 radical (unpaired) electrons. The predicted octanol–water partition coefficient (Wildman–Crippen LogP) is 4.51. The first kappa shape index (κ1) is 23.1. The van der Waals surface area contributed by atoms with Crippen LogP contribution >= 0.6 is 11.6 Å². The number of ether oxygens (including phenoxy) is 1. The van der Waals surface area contributed by atoms with Gasteiger partial charge in [-0.25, -0.2) is 14.2 Å². The molecule has 180 valence electrons. The van der Waals surface area contributed by atoms with Crippen molar-refractivity contribution >= 4 is 29.3 Å². The summed E-state index contributed by atoms with van der Waals surface area (Å²) in [6.45, 7) is 1.81. The fourth-order valence-corrected chi connectivity index (χ4v) is 4.43. The van der Waals surface area contributed by atoms with Crippen molar-refractivity contribution in [2.24, 2.45) is 5.92 Å². The third-order valence-corrected chi connectivity index (χ3v) is 6.63. The van der Waals surface area contributed by atoms with Crippen LogP contribution in [0.15, 0.2) is 60.8 Å². The van der Waals surface area contributed by atoms with Crippen molar-refractivity contribution in [1.82, 2.24) is 10.3 Å². The number of hydrogen-bond acceptors (Lipinski definition) is 5. The van der Waals surface area contributed by atoms with E-state index in [1.807, 2.05) is 4.90 Å². The number of amides is 1. The Morgan fingerprint density at radius 2 is 1.83 bits per heavy atom. The number of nitrogens with one attached hydrogen (secondary N) is 1. The second kappa shape index (κ2) is 9.19. The summed E-state index contributed by atoms with van der Waals surface area (Å²) in [6, 6.07) is 14.1. The van der Waals surface area contributed by atoms with Crippen LogP contribution in [0.3, 0.4) is 0 Å². The molecule has 1 amide bonds. The molecular formula is C26H23ClFN3O4. The Bertz CT molecular complexity index is 1260. The first-order chi connectivity index (χ1) is 16.8. The molecule has 2 aromatic carbocycles. The molecular weight excluding hydrogens is 473 g/mol. The van der Waals surface area contributed by atoms with Gasteiger partial charge in [0.2, 0.25) is 0 Å². The average Bonchev–Trinajstić information content (AvgIpc) is 3.60. The fourth-order valence-electron chi connectivity index (χ4n) is 4.27. The monoisotopic (exact) mass is 495 g/mol. The summed E-state index contributed by atoms with van der Waals surface area (Å²) in [5, 5.41) is 12.6. The molecule has 1 saturated heterocycles. The lowest BCUT2D eigenvalue weighted by Gasteiger charge is -2.40. The Balaban J connectivity index is 1.24. The highest BCUT2D eigenvalue weighted by atomic mass is 35.5. The first-order valence-corrected chi connectivity index (χ1v) is 11.7. The summed E-state index contributed by atoms with van der Waals surface area (Å²) in [4.78, 5) is 30.9. The van der Waals surface area contributed by atoms with Crippen molar-refractivity contribution < 1.29 is 23.8 Å². The van der Waals surface area contributed by atoms with Crippen molar-refractivity contribution in [1.29, 1.82) is 0 Å². The van der Waals surface area contributed by atoms with Crippen LogP contribution in [-0.4, -0.2) is 41.7 Å². The molecule has 0 bridgehead atoms. The topological polar surface area (TPSA) is 91.8 Å². The number of pyridine rings is 1. The number of carbonyl (C=O) groups excluding carboxylic acids is 1. The fraction of sp³-hybridized carbons (Fsp3) is 0.269. The molecule has 1 aromatic heterocycles. The van der Waals surface area contributed by atoms with E-state index in [-0.39, 0.29) is 23.2 Å². The molecule has 2 fully saturated rings. The van der Waals surface area contributed by atoms with E-state index < -0.39 is 11.5 Å². The molecule has 0 spiro atoms. The molecule has 1 aliphatic carbocycles. The Hall–Kier alpha value is -3.65. The van der Waals surface area contributed by atoms with Gasteiger partial charge in [-0.3, -0.25) is 4.79 Å². The van der Waals surface area contributed by atoms with Crippen molar-refractivity contribution in [3.8, 4) is 5.75 Å². The molecule has 35 heavy (non-hydrogen) atoms. The number of anilines is 1. The maximum absolute atomic E-state index is 13.3. The number of aromatic nitrogens is 1. The lowest BCUT2D eigenvalue weighted by atomic mass is 9.99. The zero-order chi connectivity index (χ0) is 24.6. The zero-order valence-corrected chi connectivity index (χ0v) is 19.5. The number of carboxylic acid groups (broad SMARTS) is 1. The smallest absolute Gasteiger partial charge is 0.335 e. The quantitative estimate of drug-likeness (QED) is 0.478. The minimum atomic E-state index is -0.990. The van der Waals surface area contributed by atoms with Crippen LogP contribution in [-0.2, 0) is 5.54 Å². The van der Waals surface area contributed by atoms with Gasteiger partial charge in [0.15, 0.2) is 0 Å². The Kier molecular flexibility index (Phi) is 6.06. The minimum Gasteiger partial charge on any atom is -0.493 e. The van der Waals surface area contributed by atoms with Crippen LogP contribution in [0.1, 0.15) is 39.1 Å². The molecule has 3 aromatic rings. The first-order valence-electron chi connectivity index (χ1n) is 11.3. The van der Waals surface area contributed by atoms with Gasteiger partial charge in [-0.1, -0.05) is 23.7 Å². The SMILES string of the molecule is O=C(O)c1ccc(C2(NC(=O)c3cc(Cl)cnc3N3CC(COc4ccc(F)cc4)C3)CC2)cc1. The molecule has 2 heterocycles. The third kappa shape index (κ3) is 4.93. The van der Waals surface area contributed by atoms with E-state index in [0.29, 0.717) is 41.8 Å². The van der Waals surface area contributed by atoms with Gasteiger partial charge in [-0.05, 0) is 60.9 Å². The number of rotatable bonds is 8. The van der Waals surface area contributed by atoms with Crippen LogP contribution in [0.4, 0.5) is 10.2 Å². The second-order valence-electron chi connectivity index (χ2n) is 8.98.